The number of anilines is 1. The van der Waals surface area contributed by atoms with E-state index in [2.05, 4.69) is 46.5 Å². The van der Waals surface area contributed by atoms with E-state index in [1.54, 1.807) is 22.7 Å². The number of nitrogens with one attached hydrogen (secondary N) is 1. The second kappa shape index (κ2) is 12.0. The van der Waals surface area contributed by atoms with Gasteiger partial charge in [-0.3, -0.25) is 0 Å². The molecule has 0 saturated carbocycles. The van der Waals surface area contributed by atoms with E-state index in [-0.39, 0.29) is 11.2 Å². The fraction of sp³-hybridized carbons (Fsp3) is 0.333. The van der Waals surface area contributed by atoms with Crippen LogP contribution in [0.1, 0.15) is 51.2 Å². The number of aromatic nitrogens is 4. The highest BCUT2D eigenvalue weighted by atomic mass is 35.5. The highest BCUT2D eigenvalue weighted by Crippen LogP contribution is 2.37. The van der Waals surface area contributed by atoms with Crippen molar-refractivity contribution in [3.63, 3.8) is 0 Å². The fourth-order valence-corrected chi connectivity index (χ4v) is 6.37. The molecule has 0 bridgehead atoms. The summed E-state index contributed by atoms with van der Waals surface area (Å²) >= 11 is 11.1. The molecule has 2 unspecified atom stereocenters. The van der Waals surface area contributed by atoms with Crippen LogP contribution in [0.15, 0.2) is 48.5 Å². The van der Waals surface area contributed by atoms with E-state index >= 15 is 0 Å². The summed E-state index contributed by atoms with van der Waals surface area (Å²) in [5.74, 6) is 1.98. The molecule has 4 rings (SSSR count). The van der Waals surface area contributed by atoms with Crippen LogP contribution in [0.3, 0.4) is 0 Å². The van der Waals surface area contributed by atoms with Gasteiger partial charge in [0.2, 0.25) is 5.13 Å². The van der Waals surface area contributed by atoms with Crippen LogP contribution in [0.2, 0.25) is 5.02 Å². The van der Waals surface area contributed by atoms with Crippen LogP contribution in [0, 0.1) is 6.92 Å². The van der Waals surface area contributed by atoms with Crippen LogP contribution >= 0.6 is 46.0 Å². The average Bonchev–Trinajstić information content (AvgIpc) is 3.50. The maximum Gasteiger partial charge on any atom is 0.208 e. The molecule has 0 aliphatic carbocycles. The summed E-state index contributed by atoms with van der Waals surface area (Å²) in [6, 6.07) is 15.9. The van der Waals surface area contributed by atoms with Gasteiger partial charge in [-0.15, -0.1) is 31.7 Å². The van der Waals surface area contributed by atoms with Gasteiger partial charge in [0.25, 0.3) is 0 Å². The molecule has 6 nitrogen and oxygen atoms in total. The zero-order chi connectivity index (χ0) is 23.9. The number of hydrogen-bond acceptors (Lipinski definition) is 9. The number of ether oxygens (including phenoxy) is 1. The average molecular weight is 532 g/mol. The molecule has 2 heterocycles. The van der Waals surface area contributed by atoms with Crippen LogP contribution < -0.4 is 10.1 Å². The Morgan fingerprint density at radius 3 is 2.44 bits per heavy atom. The smallest absolute Gasteiger partial charge is 0.208 e. The van der Waals surface area contributed by atoms with Crippen molar-refractivity contribution in [3.8, 4) is 5.75 Å². The van der Waals surface area contributed by atoms with Crippen molar-refractivity contribution in [2.45, 2.75) is 38.4 Å². The van der Waals surface area contributed by atoms with Gasteiger partial charge in [-0.1, -0.05) is 66.6 Å². The molecule has 34 heavy (non-hydrogen) atoms. The van der Waals surface area contributed by atoms with E-state index in [4.69, 9.17) is 16.3 Å². The Hall–Kier alpha value is -2.20. The quantitative estimate of drug-likeness (QED) is 0.209. The molecule has 178 valence electrons. The number of nitrogens with zero attached hydrogens (tertiary/aromatic N) is 4. The third-order valence-electron chi connectivity index (χ3n) is 5.15. The van der Waals surface area contributed by atoms with Crippen LogP contribution in [0.25, 0.3) is 0 Å². The summed E-state index contributed by atoms with van der Waals surface area (Å²) in [5.41, 5.74) is 2.38. The van der Waals surface area contributed by atoms with Gasteiger partial charge in [-0.2, -0.15) is 11.8 Å². The Morgan fingerprint density at radius 1 is 0.971 bits per heavy atom. The second-order valence-electron chi connectivity index (χ2n) is 7.68. The molecule has 4 aromatic rings. The van der Waals surface area contributed by atoms with E-state index in [1.165, 1.54) is 11.1 Å². The number of halogens is 1. The highest BCUT2D eigenvalue weighted by Gasteiger charge is 2.21. The Bertz CT molecular complexity index is 1180. The molecule has 10 heteroatoms. The highest BCUT2D eigenvalue weighted by molar-refractivity contribution is 7.99. The van der Waals surface area contributed by atoms with Crippen molar-refractivity contribution in [2.24, 2.45) is 0 Å². The summed E-state index contributed by atoms with van der Waals surface area (Å²) in [6.45, 7) is 6.69. The standard InChI is InChI=1S/C24H26ClN5OS3/c1-4-32-20(13-21-27-28-22(33-21)16(3)17-7-9-18(25)10-8-17)23-29-30-24(34-23)26-14-31-19-11-5-15(2)6-12-19/h5-12,16,20H,4,13-14H2,1-3H3,(H,26,30). The first kappa shape index (κ1) is 24.9. The maximum atomic E-state index is 6.03. The zero-order valence-electron chi connectivity index (χ0n) is 19.2. The first-order valence-electron chi connectivity index (χ1n) is 11.0. The van der Waals surface area contributed by atoms with Gasteiger partial charge in [0.05, 0.1) is 5.25 Å². The number of hydrogen-bond donors (Lipinski definition) is 1. The first-order valence-corrected chi connectivity index (χ1v) is 14.0. The van der Waals surface area contributed by atoms with Crippen molar-refractivity contribution in [1.82, 2.24) is 20.4 Å². The lowest BCUT2D eigenvalue weighted by Gasteiger charge is -2.10. The largest absolute Gasteiger partial charge is 0.473 e. The summed E-state index contributed by atoms with van der Waals surface area (Å²) in [7, 11) is 0. The summed E-state index contributed by atoms with van der Waals surface area (Å²) < 4.78 is 5.74. The number of thioether (sulfide) groups is 1. The monoisotopic (exact) mass is 531 g/mol. The number of benzene rings is 2. The van der Waals surface area contributed by atoms with E-state index < -0.39 is 0 Å². The Kier molecular flexibility index (Phi) is 8.77. The van der Waals surface area contributed by atoms with Gasteiger partial charge in [-0.25, -0.2) is 0 Å². The van der Waals surface area contributed by atoms with Gasteiger partial charge in [0.1, 0.15) is 20.8 Å². The predicted molar refractivity (Wildman–Crippen MR) is 144 cm³/mol. The maximum absolute atomic E-state index is 6.03. The van der Waals surface area contributed by atoms with Crippen LogP contribution in [-0.2, 0) is 6.42 Å². The first-order chi connectivity index (χ1) is 16.5. The van der Waals surface area contributed by atoms with Gasteiger partial charge >= 0.3 is 0 Å². The van der Waals surface area contributed by atoms with Crippen molar-refractivity contribution < 1.29 is 4.74 Å². The minimum absolute atomic E-state index is 0.173. The lowest BCUT2D eigenvalue weighted by molar-refractivity contribution is 0.346. The summed E-state index contributed by atoms with van der Waals surface area (Å²) in [5, 5.41) is 25.6. The predicted octanol–water partition coefficient (Wildman–Crippen LogP) is 6.99. The lowest BCUT2D eigenvalue weighted by Crippen LogP contribution is -2.08. The minimum Gasteiger partial charge on any atom is -0.473 e. The van der Waals surface area contributed by atoms with Crippen molar-refractivity contribution in [2.75, 3.05) is 17.8 Å². The van der Waals surface area contributed by atoms with Gasteiger partial charge < -0.3 is 10.1 Å². The minimum atomic E-state index is 0.173. The summed E-state index contributed by atoms with van der Waals surface area (Å²) in [6.07, 6.45) is 0.776. The normalized spacial score (nSPS) is 12.9. The van der Waals surface area contributed by atoms with Gasteiger partial charge in [0.15, 0.2) is 6.73 Å². The molecule has 0 amide bonds. The van der Waals surface area contributed by atoms with Gasteiger partial charge in [-0.05, 0) is 42.5 Å². The molecule has 2 aromatic heterocycles. The summed E-state index contributed by atoms with van der Waals surface area (Å²) in [4.78, 5) is 0. The van der Waals surface area contributed by atoms with Crippen molar-refractivity contribution >= 4 is 51.2 Å². The SMILES string of the molecule is CCSC(Cc1nnc(C(C)c2ccc(Cl)cc2)s1)c1nnc(NCOc2ccc(C)cc2)s1. The molecule has 0 radical (unpaired) electrons. The Morgan fingerprint density at radius 2 is 1.71 bits per heavy atom. The van der Waals surface area contributed by atoms with E-state index in [9.17, 15) is 0 Å². The molecule has 0 saturated heterocycles. The van der Waals surface area contributed by atoms with Gasteiger partial charge in [0, 0.05) is 17.4 Å². The fourth-order valence-electron chi connectivity index (χ4n) is 3.25. The van der Waals surface area contributed by atoms with Crippen molar-refractivity contribution in [1.29, 1.82) is 0 Å². The second-order valence-corrected chi connectivity index (χ2v) is 11.7. The Labute approximate surface area is 217 Å². The molecule has 1 N–H and O–H groups in total. The zero-order valence-corrected chi connectivity index (χ0v) is 22.4. The van der Waals surface area contributed by atoms with Crippen LogP contribution in [0.4, 0.5) is 5.13 Å². The topological polar surface area (TPSA) is 72.8 Å². The number of rotatable bonds is 11. The lowest BCUT2D eigenvalue weighted by atomic mass is 10.0. The van der Waals surface area contributed by atoms with E-state index in [1.807, 2.05) is 60.3 Å². The van der Waals surface area contributed by atoms with Crippen molar-refractivity contribution in [3.05, 3.63) is 79.7 Å². The van der Waals surface area contributed by atoms with Crippen LogP contribution in [0.5, 0.6) is 5.75 Å². The Balaban J connectivity index is 1.36. The molecule has 2 atom stereocenters. The molecular weight excluding hydrogens is 506 g/mol. The molecule has 0 spiro atoms. The molecule has 0 aliphatic heterocycles. The molecule has 0 fully saturated rings. The number of aryl methyl sites for hydroxylation is 1. The van der Waals surface area contributed by atoms with E-state index in [0.717, 1.165) is 43.1 Å². The van der Waals surface area contributed by atoms with Crippen LogP contribution in [-0.4, -0.2) is 32.9 Å². The third-order valence-corrected chi connectivity index (χ3v) is 8.80. The third kappa shape index (κ3) is 6.69. The van der Waals surface area contributed by atoms with E-state index in [0.29, 0.717) is 6.73 Å². The molecular formula is C24H26ClN5OS3. The molecule has 0 aliphatic rings. The molecule has 2 aromatic carbocycles.